The molecule has 1 rings (SSSR count). The smallest absolute Gasteiger partial charge is 0.236 e. The Balaban J connectivity index is 3.07. The van der Waals surface area contributed by atoms with Gasteiger partial charge in [0.15, 0.2) is 0 Å². The van der Waals surface area contributed by atoms with Crippen molar-refractivity contribution in [2.45, 2.75) is 32.9 Å². The van der Waals surface area contributed by atoms with E-state index in [1.54, 1.807) is 19.1 Å². The molecule has 4 nitrogen and oxygen atoms in total. The molecule has 18 heavy (non-hydrogen) atoms. The second kappa shape index (κ2) is 6.07. The molecule has 0 spiro atoms. The van der Waals surface area contributed by atoms with E-state index >= 15 is 0 Å². The van der Waals surface area contributed by atoms with Gasteiger partial charge in [0.05, 0.1) is 12.6 Å². The van der Waals surface area contributed by atoms with Crippen LogP contribution < -0.4 is 10.6 Å². The number of amides is 1. The Bertz CT molecular complexity index is 433. The Kier molecular flexibility index (Phi) is 4.99. The number of halogens is 1. The van der Waals surface area contributed by atoms with Crippen LogP contribution in [0.5, 0.6) is 0 Å². The summed E-state index contributed by atoms with van der Waals surface area (Å²) in [6, 6.07) is 5.47. The molecule has 0 radical (unpaired) electrons. The number of rotatable bonds is 5. The fourth-order valence-corrected chi connectivity index (χ4v) is 2.11. The molecule has 1 atom stereocenters. The first-order valence-corrected chi connectivity index (χ1v) is 6.23. The first-order chi connectivity index (χ1) is 8.32. The first-order valence-electron chi connectivity index (χ1n) is 5.85. The van der Waals surface area contributed by atoms with Gasteiger partial charge in [-0.15, -0.1) is 0 Å². The molecule has 5 heteroatoms. The van der Waals surface area contributed by atoms with Crippen molar-refractivity contribution in [1.82, 2.24) is 0 Å². The normalized spacial score (nSPS) is 12.6. The number of aliphatic hydroxyl groups is 1. The molecule has 1 amide bonds. The quantitative estimate of drug-likeness (QED) is 0.861. The Hall–Kier alpha value is -1.26. The van der Waals surface area contributed by atoms with Gasteiger partial charge in [0.1, 0.15) is 0 Å². The number of carbonyl (C=O) groups is 1. The van der Waals surface area contributed by atoms with Crippen LogP contribution in [0.15, 0.2) is 18.2 Å². The van der Waals surface area contributed by atoms with Gasteiger partial charge in [-0.2, -0.15) is 0 Å². The average molecular weight is 271 g/mol. The van der Waals surface area contributed by atoms with E-state index in [9.17, 15) is 9.90 Å². The van der Waals surface area contributed by atoms with Crippen LogP contribution in [0.25, 0.3) is 0 Å². The number of hydrogen-bond acceptors (Lipinski definition) is 3. The third-order valence-corrected chi connectivity index (χ3v) is 3.04. The summed E-state index contributed by atoms with van der Waals surface area (Å²) in [4.78, 5) is 12.9. The minimum atomic E-state index is -0.616. The Labute approximate surface area is 112 Å². The molecule has 0 fully saturated rings. The number of hydrogen-bond donors (Lipinski definition) is 2. The summed E-state index contributed by atoms with van der Waals surface area (Å²) < 4.78 is 0. The molecule has 0 bridgehead atoms. The number of nitrogens with two attached hydrogens (primary N) is 1. The molecule has 0 aliphatic heterocycles. The van der Waals surface area contributed by atoms with Gasteiger partial charge < -0.3 is 15.7 Å². The molecule has 0 aromatic heterocycles. The first kappa shape index (κ1) is 14.8. The van der Waals surface area contributed by atoms with Crippen LogP contribution in [0.3, 0.4) is 0 Å². The SMILES string of the molecule is CC(O)c1ccc(N(CC(N)=O)C(C)C)cc1Cl. The van der Waals surface area contributed by atoms with Crippen molar-refractivity contribution in [3.05, 3.63) is 28.8 Å². The van der Waals surface area contributed by atoms with Crippen molar-refractivity contribution < 1.29 is 9.90 Å². The van der Waals surface area contributed by atoms with Gasteiger partial charge in [0.2, 0.25) is 5.91 Å². The van der Waals surface area contributed by atoms with Crippen molar-refractivity contribution in [2.24, 2.45) is 5.73 Å². The molecule has 0 aliphatic carbocycles. The van der Waals surface area contributed by atoms with E-state index in [1.807, 2.05) is 24.8 Å². The summed E-state index contributed by atoms with van der Waals surface area (Å²) in [7, 11) is 0. The van der Waals surface area contributed by atoms with Crippen LogP contribution >= 0.6 is 11.6 Å². The van der Waals surface area contributed by atoms with Crippen LogP contribution in [0.1, 0.15) is 32.4 Å². The molecular formula is C13H19ClN2O2. The average Bonchev–Trinajstić information content (AvgIpc) is 2.24. The lowest BCUT2D eigenvalue weighted by Crippen LogP contribution is -2.38. The Morgan fingerprint density at radius 3 is 2.44 bits per heavy atom. The van der Waals surface area contributed by atoms with E-state index < -0.39 is 6.10 Å². The lowest BCUT2D eigenvalue weighted by Gasteiger charge is -2.28. The molecule has 1 aromatic rings. The monoisotopic (exact) mass is 270 g/mol. The van der Waals surface area contributed by atoms with E-state index in [4.69, 9.17) is 17.3 Å². The van der Waals surface area contributed by atoms with Crippen LogP contribution in [0.4, 0.5) is 5.69 Å². The maximum Gasteiger partial charge on any atom is 0.236 e. The van der Waals surface area contributed by atoms with E-state index in [2.05, 4.69) is 0 Å². The van der Waals surface area contributed by atoms with Crippen molar-refractivity contribution in [3.63, 3.8) is 0 Å². The minimum Gasteiger partial charge on any atom is -0.389 e. The lowest BCUT2D eigenvalue weighted by molar-refractivity contribution is -0.116. The molecule has 100 valence electrons. The number of carbonyl (C=O) groups excluding carboxylic acids is 1. The summed E-state index contributed by atoms with van der Waals surface area (Å²) >= 11 is 6.11. The zero-order chi connectivity index (χ0) is 13.9. The van der Waals surface area contributed by atoms with E-state index in [0.29, 0.717) is 10.6 Å². The highest BCUT2D eigenvalue weighted by Crippen LogP contribution is 2.28. The maximum atomic E-state index is 11.1. The highest BCUT2D eigenvalue weighted by atomic mass is 35.5. The molecule has 0 saturated carbocycles. The summed E-state index contributed by atoms with van der Waals surface area (Å²) in [5.41, 5.74) is 6.72. The van der Waals surface area contributed by atoms with Gasteiger partial charge >= 0.3 is 0 Å². The number of nitrogens with zero attached hydrogens (tertiary/aromatic N) is 1. The van der Waals surface area contributed by atoms with Gasteiger partial charge in [0.25, 0.3) is 0 Å². The summed E-state index contributed by atoms with van der Waals surface area (Å²) in [6.45, 7) is 5.74. The number of aliphatic hydroxyl groups excluding tert-OH is 1. The zero-order valence-corrected chi connectivity index (χ0v) is 11.6. The van der Waals surface area contributed by atoms with Crippen molar-refractivity contribution in [1.29, 1.82) is 0 Å². The highest BCUT2D eigenvalue weighted by Gasteiger charge is 2.15. The zero-order valence-electron chi connectivity index (χ0n) is 10.9. The van der Waals surface area contributed by atoms with Crippen molar-refractivity contribution in [2.75, 3.05) is 11.4 Å². The van der Waals surface area contributed by atoms with E-state index in [1.165, 1.54) is 0 Å². The van der Waals surface area contributed by atoms with Gasteiger partial charge in [-0.1, -0.05) is 17.7 Å². The Morgan fingerprint density at radius 2 is 2.06 bits per heavy atom. The van der Waals surface area contributed by atoms with Gasteiger partial charge in [-0.25, -0.2) is 0 Å². The van der Waals surface area contributed by atoms with E-state index in [-0.39, 0.29) is 18.5 Å². The Morgan fingerprint density at radius 1 is 1.44 bits per heavy atom. The number of anilines is 1. The summed E-state index contributed by atoms with van der Waals surface area (Å²) in [5, 5.41) is 10.0. The predicted octanol–water partition coefficient (Wildman–Crippen LogP) is 2.09. The second-order valence-corrected chi connectivity index (χ2v) is 4.98. The fraction of sp³-hybridized carbons (Fsp3) is 0.462. The molecular weight excluding hydrogens is 252 g/mol. The lowest BCUT2D eigenvalue weighted by atomic mass is 10.1. The minimum absolute atomic E-state index is 0.131. The van der Waals surface area contributed by atoms with Crippen LogP contribution in [0, 0.1) is 0 Å². The van der Waals surface area contributed by atoms with Gasteiger partial charge in [-0.3, -0.25) is 4.79 Å². The maximum absolute atomic E-state index is 11.1. The van der Waals surface area contributed by atoms with E-state index in [0.717, 1.165) is 5.69 Å². The second-order valence-electron chi connectivity index (χ2n) is 4.57. The highest BCUT2D eigenvalue weighted by molar-refractivity contribution is 6.31. The van der Waals surface area contributed by atoms with Crippen LogP contribution in [-0.2, 0) is 4.79 Å². The summed E-state index contributed by atoms with van der Waals surface area (Å²) in [5.74, 6) is -0.389. The third kappa shape index (κ3) is 3.62. The van der Waals surface area contributed by atoms with Gasteiger partial charge in [-0.05, 0) is 38.5 Å². The molecule has 0 heterocycles. The fourth-order valence-electron chi connectivity index (χ4n) is 1.77. The standard InChI is InChI=1S/C13H19ClN2O2/c1-8(2)16(7-13(15)18)10-4-5-11(9(3)17)12(14)6-10/h4-6,8-9,17H,7H2,1-3H3,(H2,15,18). The number of primary amides is 1. The van der Waals surface area contributed by atoms with Crippen molar-refractivity contribution in [3.8, 4) is 0 Å². The predicted molar refractivity (Wildman–Crippen MR) is 73.8 cm³/mol. The molecule has 0 aliphatic rings. The van der Waals surface area contributed by atoms with Crippen LogP contribution in [0.2, 0.25) is 5.02 Å². The molecule has 3 N–H and O–H groups in total. The molecule has 1 unspecified atom stereocenters. The van der Waals surface area contributed by atoms with Gasteiger partial charge in [0, 0.05) is 16.8 Å². The molecule has 0 saturated heterocycles. The number of benzene rings is 1. The largest absolute Gasteiger partial charge is 0.389 e. The third-order valence-electron chi connectivity index (χ3n) is 2.72. The van der Waals surface area contributed by atoms with Crippen molar-refractivity contribution >= 4 is 23.2 Å². The summed E-state index contributed by atoms with van der Waals surface area (Å²) in [6.07, 6.45) is -0.616. The molecule has 1 aromatic carbocycles. The van der Waals surface area contributed by atoms with Crippen LogP contribution in [-0.4, -0.2) is 23.6 Å². The topological polar surface area (TPSA) is 66.6 Å².